The molecule has 0 saturated carbocycles. The van der Waals surface area contributed by atoms with E-state index >= 15 is 0 Å². The van der Waals surface area contributed by atoms with Crippen molar-refractivity contribution < 1.29 is 17.9 Å². The van der Waals surface area contributed by atoms with E-state index in [1.54, 1.807) is 42.6 Å². The Kier molecular flexibility index (Phi) is 5.99. The van der Waals surface area contributed by atoms with E-state index in [0.717, 1.165) is 0 Å². The lowest BCUT2D eigenvalue weighted by Crippen LogP contribution is -2.26. The van der Waals surface area contributed by atoms with E-state index in [4.69, 9.17) is 27.9 Å². The molecule has 1 aromatic carbocycles. The summed E-state index contributed by atoms with van der Waals surface area (Å²) in [4.78, 5) is 21.0. The van der Waals surface area contributed by atoms with E-state index in [1.165, 1.54) is 16.6 Å². The summed E-state index contributed by atoms with van der Waals surface area (Å²) in [7, 11) is -3.44. The minimum Gasteiger partial charge on any atom is -0.439 e. The predicted octanol–water partition coefficient (Wildman–Crippen LogP) is 4.37. The molecule has 3 aromatic rings. The molecule has 0 aliphatic carbocycles. The van der Waals surface area contributed by atoms with Crippen LogP contribution in [0.15, 0.2) is 54.9 Å². The summed E-state index contributed by atoms with van der Waals surface area (Å²) < 4.78 is 31.2. The van der Waals surface area contributed by atoms with E-state index in [0.29, 0.717) is 35.3 Å². The Labute approximate surface area is 188 Å². The molecule has 1 N–H and O–H groups in total. The summed E-state index contributed by atoms with van der Waals surface area (Å²) in [5.74, 6) is 0.399. The number of anilines is 2. The van der Waals surface area contributed by atoms with Gasteiger partial charge in [0, 0.05) is 41.8 Å². The van der Waals surface area contributed by atoms with Gasteiger partial charge in [-0.2, -0.15) is 0 Å². The highest BCUT2D eigenvalue weighted by molar-refractivity contribution is 7.93. The number of rotatable bonds is 5. The van der Waals surface area contributed by atoms with Crippen LogP contribution >= 0.6 is 23.2 Å². The largest absolute Gasteiger partial charge is 0.439 e. The second kappa shape index (κ2) is 8.70. The SMILES string of the molecule is O=C(Nc1cc(Cl)cc(Oc2ccccn2)c1)c1cc(N2CCCS2(=O)=O)ncc1Cl. The van der Waals surface area contributed by atoms with Gasteiger partial charge in [0.05, 0.1) is 16.3 Å². The van der Waals surface area contributed by atoms with Crippen molar-refractivity contribution in [1.82, 2.24) is 9.97 Å². The summed E-state index contributed by atoms with van der Waals surface area (Å²) in [5.41, 5.74) is 0.451. The summed E-state index contributed by atoms with van der Waals surface area (Å²) in [5, 5.41) is 3.13. The van der Waals surface area contributed by atoms with Crippen LogP contribution < -0.4 is 14.4 Å². The van der Waals surface area contributed by atoms with Gasteiger partial charge >= 0.3 is 0 Å². The number of carbonyl (C=O) groups excluding carboxylic acids is 1. The van der Waals surface area contributed by atoms with Gasteiger partial charge in [-0.1, -0.05) is 29.3 Å². The van der Waals surface area contributed by atoms with Gasteiger partial charge in [-0.3, -0.25) is 9.10 Å². The molecule has 1 amide bonds. The number of benzene rings is 1. The molecule has 0 radical (unpaired) electrons. The predicted molar refractivity (Wildman–Crippen MR) is 119 cm³/mol. The summed E-state index contributed by atoms with van der Waals surface area (Å²) in [6, 6.07) is 11.3. The lowest BCUT2D eigenvalue weighted by molar-refractivity contribution is 0.102. The number of aromatic nitrogens is 2. The third kappa shape index (κ3) is 4.90. The van der Waals surface area contributed by atoms with Gasteiger partial charge in [-0.25, -0.2) is 18.4 Å². The maximum absolute atomic E-state index is 12.9. The lowest BCUT2D eigenvalue weighted by Gasteiger charge is -2.17. The van der Waals surface area contributed by atoms with Crippen molar-refractivity contribution in [3.8, 4) is 11.6 Å². The second-order valence-electron chi connectivity index (χ2n) is 6.66. The molecule has 0 spiro atoms. The van der Waals surface area contributed by atoms with Crippen molar-refractivity contribution in [1.29, 1.82) is 0 Å². The molecule has 31 heavy (non-hydrogen) atoms. The van der Waals surface area contributed by atoms with Crippen LogP contribution in [-0.2, 0) is 10.0 Å². The zero-order valence-electron chi connectivity index (χ0n) is 16.0. The zero-order valence-corrected chi connectivity index (χ0v) is 18.3. The van der Waals surface area contributed by atoms with Crippen LogP contribution in [-0.4, -0.2) is 36.6 Å². The highest BCUT2D eigenvalue weighted by atomic mass is 35.5. The van der Waals surface area contributed by atoms with E-state index in [1.807, 2.05) is 0 Å². The summed E-state index contributed by atoms with van der Waals surface area (Å²) in [6.07, 6.45) is 3.34. The molecule has 0 unspecified atom stereocenters. The van der Waals surface area contributed by atoms with Crippen molar-refractivity contribution in [3.05, 3.63) is 70.5 Å². The van der Waals surface area contributed by atoms with Crippen LogP contribution in [0.25, 0.3) is 0 Å². The topological polar surface area (TPSA) is 101 Å². The number of sulfonamides is 1. The Hall–Kier alpha value is -2.88. The molecule has 2 aromatic heterocycles. The Morgan fingerprint density at radius 2 is 1.97 bits per heavy atom. The minimum atomic E-state index is -3.44. The van der Waals surface area contributed by atoms with Gasteiger partial charge in [0.25, 0.3) is 5.91 Å². The van der Waals surface area contributed by atoms with Crippen molar-refractivity contribution in [3.63, 3.8) is 0 Å². The first-order valence-corrected chi connectivity index (χ1v) is 11.6. The fourth-order valence-electron chi connectivity index (χ4n) is 3.06. The summed E-state index contributed by atoms with van der Waals surface area (Å²) in [6.45, 7) is 0.306. The first kappa shape index (κ1) is 21.4. The van der Waals surface area contributed by atoms with E-state index in [9.17, 15) is 13.2 Å². The van der Waals surface area contributed by atoms with Crippen molar-refractivity contribution in [2.45, 2.75) is 6.42 Å². The molecule has 0 atom stereocenters. The van der Waals surface area contributed by atoms with Gasteiger partial charge < -0.3 is 10.1 Å². The number of carbonyl (C=O) groups is 1. The zero-order chi connectivity index (χ0) is 22.0. The molecule has 3 heterocycles. The fourth-order valence-corrected chi connectivity index (χ4v) is 4.98. The Morgan fingerprint density at radius 1 is 1.13 bits per heavy atom. The maximum Gasteiger partial charge on any atom is 0.257 e. The van der Waals surface area contributed by atoms with E-state index < -0.39 is 15.9 Å². The van der Waals surface area contributed by atoms with E-state index in [-0.39, 0.29) is 22.2 Å². The Morgan fingerprint density at radius 3 is 2.68 bits per heavy atom. The third-order valence-electron chi connectivity index (χ3n) is 4.43. The smallest absolute Gasteiger partial charge is 0.257 e. The van der Waals surface area contributed by atoms with Gasteiger partial charge in [-0.05, 0) is 30.7 Å². The van der Waals surface area contributed by atoms with Crippen molar-refractivity contribution in [2.75, 3.05) is 21.9 Å². The first-order valence-electron chi connectivity index (χ1n) is 9.19. The highest BCUT2D eigenvalue weighted by Crippen LogP contribution is 2.30. The minimum absolute atomic E-state index is 0.0421. The molecule has 1 fully saturated rings. The number of pyridine rings is 2. The number of amides is 1. The van der Waals surface area contributed by atoms with Gasteiger partial charge in [0.2, 0.25) is 15.9 Å². The molecule has 1 saturated heterocycles. The molecular weight excluding hydrogens is 463 g/mol. The molecule has 1 aliphatic rings. The standard InChI is InChI=1S/C20H16Cl2N4O4S/c21-13-8-14(10-15(9-13)30-19-4-1-2-5-23-19)25-20(27)16-11-18(24-12-17(16)22)26-6-3-7-31(26,28)29/h1-2,4-5,8-12H,3,6-7H2,(H,25,27). The molecule has 0 bridgehead atoms. The molecule has 11 heteroatoms. The Bertz CT molecular complexity index is 1240. The van der Waals surface area contributed by atoms with Crippen LogP contribution in [0.5, 0.6) is 11.6 Å². The third-order valence-corrected chi connectivity index (χ3v) is 6.79. The number of nitrogens with one attached hydrogen (secondary N) is 1. The average Bonchev–Trinajstić information content (AvgIpc) is 3.07. The molecular formula is C20H16Cl2N4O4S. The maximum atomic E-state index is 12.9. The number of hydrogen-bond donors (Lipinski definition) is 1. The second-order valence-corrected chi connectivity index (χ2v) is 9.52. The molecule has 160 valence electrons. The van der Waals surface area contributed by atoms with Crippen LogP contribution in [0, 0.1) is 0 Å². The monoisotopic (exact) mass is 478 g/mol. The fraction of sp³-hybridized carbons (Fsp3) is 0.150. The molecule has 1 aliphatic heterocycles. The highest BCUT2D eigenvalue weighted by Gasteiger charge is 2.30. The average molecular weight is 479 g/mol. The number of halogens is 2. The quantitative estimate of drug-likeness (QED) is 0.583. The van der Waals surface area contributed by atoms with Gasteiger partial charge in [-0.15, -0.1) is 0 Å². The van der Waals surface area contributed by atoms with Crippen LogP contribution in [0.2, 0.25) is 10.0 Å². The number of ether oxygens (including phenoxy) is 1. The Balaban J connectivity index is 1.58. The van der Waals surface area contributed by atoms with Crippen LogP contribution in [0.4, 0.5) is 11.5 Å². The lowest BCUT2D eigenvalue weighted by atomic mass is 10.2. The normalized spacial score (nSPS) is 15.0. The van der Waals surface area contributed by atoms with Gasteiger partial charge in [0.1, 0.15) is 11.6 Å². The number of nitrogens with zero attached hydrogens (tertiary/aromatic N) is 3. The first-order chi connectivity index (χ1) is 14.8. The molecule has 4 rings (SSSR count). The summed E-state index contributed by atoms with van der Waals surface area (Å²) >= 11 is 12.3. The molecule has 8 nitrogen and oxygen atoms in total. The van der Waals surface area contributed by atoms with Crippen molar-refractivity contribution >= 4 is 50.6 Å². The van der Waals surface area contributed by atoms with E-state index in [2.05, 4.69) is 15.3 Å². The number of hydrogen-bond acceptors (Lipinski definition) is 6. The van der Waals surface area contributed by atoms with Gasteiger partial charge in [0.15, 0.2) is 0 Å². The van der Waals surface area contributed by atoms with Crippen LogP contribution in [0.3, 0.4) is 0 Å². The van der Waals surface area contributed by atoms with Crippen molar-refractivity contribution in [2.24, 2.45) is 0 Å². The van der Waals surface area contributed by atoms with Crippen LogP contribution in [0.1, 0.15) is 16.8 Å².